The van der Waals surface area contributed by atoms with Crippen molar-refractivity contribution in [2.45, 2.75) is 52.0 Å². The Kier molecular flexibility index (Phi) is 7.45. The first-order valence-electron chi connectivity index (χ1n) is 10.9. The third kappa shape index (κ3) is 5.04. The second-order valence-corrected chi connectivity index (χ2v) is 8.03. The van der Waals surface area contributed by atoms with Gasteiger partial charge >= 0.3 is 0 Å². The van der Waals surface area contributed by atoms with Crippen molar-refractivity contribution >= 4 is 28.7 Å². The van der Waals surface area contributed by atoms with Gasteiger partial charge in [-0.3, -0.25) is 13.9 Å². The van der Waals surface area contributed by atoms with Crippen LogP contribution in [-0.4, -0.2) is 64.8 Å². The summed E-state index contributed by atoms with van der Waals surface area (Å²) in [4.78, 5) is 24.6. The third-order valence-electron chi connectivity index (χ3n) is 5.58. The number of fused-ring (bicyclic) bond motifs is 1. The van der Waals surface area contributed by atoms with E-state index in [-0.39, 0.29) is 17.1 Å². The second kappa shape index (κ2) is 10.5. The average Bonchev–Trinajstić information content (AvgIpc) is 3.16. The number of aromatic nitrogens is 4. The molecule has 4 heterocycles. The van der Waals surface area contributed by atoms with E-state index in [0.29, 0.717) is 37.3 Å². The number of anilines is 1. The summed E-state index contributed by atoms with van der Waals surface area (Å²) >= 11 is 6.37. The molecule has 0 bridgehead atoms. The molecule has 1 N–H and O–H groups in total. The fraction of sp³-hybridized carbons (Fsp3) is 0.667. The monoisotopic (exact) mass is 448 g/mol. The molecule has 1 atom stereocenters. The highest BCUT2D eigenvalue weighted by atomic mass is 35.5. The molecule has 0 spiro atoms. The van der Waals surface area contributed by atoms with Crippen molar-refractivity contribution in [2.75, 3.05) is 44.3 Å². The van der Waals surface area contributed by atoms with Crippen LogP contribution in [-0.2, 0) is 22.6 Å². The summed E-state index contributed by atoms with van der Waals surface area (Å²) < 4.78 is 14.7. The van der Waals surface area contributed by atoms with Crippen LogP contribution in [0.1, 0.15) is 32.6 Å². The van der Waals surface area contributed by atoms with Gasteiger partial charge < -0.3 is 19.7 Å². The zero-order valence-electron chi connectivity index (χ0n) is 17.9. The van der Waals surface area contributed by atoms with Crippen molar-refractivity contribution in [3.05, 3.63) is 15.6 Å². The highest BCUT2D eigenvalue weighted by Crippen LogP contribution is 2.21. The molecule has 2 aliphatic heterocycles. The molecule has 0 amide bonds. The van der Waals surface area contributed by atoms with Gasteiger partial charge in [-0.2, -0.15) is 9.97 Å². The van der Waals surface area contributed by atoms with E-state index in [0.717, 1.165) is 58.0 Å². The van der Waals surface area contributed by atoms with Gasteiger partial charge in [0.15, 0.2) is 17.5 Å². The van der Waals surface area contributed by atoms with Crippen molar-refractivity contribution in [1.82, 2.24) is 24.4 Å². The van der Waals surface area contributed by atoms with Crippen LogP contribution in [0.2, 0.25) is 5.28 Å². The SMILES string of the molecule is CC#CCn1c(N2CCNCC2)nc2nc(Cl)n(CCCOC3CCCCO3)c(=O)c21. The summed E-state index contributed by atoms with van der Waals surface area (Å²) in [7, 11) is 0. The minimum Gasteiger partial charge on any atom is -0.353 e. The average molecular weight is 449 g/mol. The molecular weight excluding hydrogens is 420 g/mol. The van der Waals surface area contributed by atoms with Gasteiger partial charge in [-0.1, -0.05) is 5.92 Å². The van der Waals surface area contributed by atoms with Crippen LogP contribution in [0.3, 0.4) is 0 Å². The van der Waals surface area contributed by atoms with Gasteiger partial charge in [-0.15, -0.1) is 5.92 Å². The van der Waals surface area contributed by atoms with Crippen molar-refractivity contribution in [1.29, 1.82) is 0 Å². The van der Waals surface area contributed by atoms with Gasteiger partial charge in [-0.25, -0.2) is 0 Å². The first kappa shape index (κ1) is 22.1. The van der Waals surface area contributed by atoms with E-state index in [9.17, 15) is 4.79 Å². The fourth-order valence-corrected chi connectivity index (χ4v) is 4.21. The molecule has 2 saturated heterocycles. The zero-order valence-corrected chi connectivity index (χ0v) is 18.7. The van der Waals surface area contributed by atoms with Crippen molar-refractivity contribution < 1.29 is 9.47 Å². The van der Waals surface area contributed by atoms with Crippen LogP contribution in [0.15, 0.2) is 4.79 Å². The molecule has 2 aromatic heterocycles. The lowest BCUT2D eigenvalue weighted by Crippen LogP contribution is -2.44. The van der Waals surface area contributed by atoms with Gasteiger partial charge in [0.05, 0.1) is 13.2 Å². The Labute approximate surface area is 186 Å². The highest BCUT2D eigenvalue weighted by molar-refractivity contribution is 6.28. The quantitative estimate of drug-likeness (QED) is 0.391. The number of rotatable bonds is 7. The largest absolute Gasteiger partial charge is 0.353 e. The molecule has 2 aliphatic rings. The Balaban J connectivity index is 1.57. The minimum absolute atomic E-state index is 0.141. The molecule has 0 aromatic carbocycles. The maximum atomic E-state index is 13.4. The van der Waals surface area contributed by atoms with Crippen LogP contribution < -0.4 is 15.8 Å². The molecule has 31 heavy (non-hydrogen) atoms. The molecule has 2 aromatic rings. The lowest BCUT2D eigenvalue weighted by atomic mass is 10.2. The molecule has 4 rings (SSSR count). The summed E-state index contributed by atoms with van der Waals surface area (Å²) in [5, 5.41) is 3.48. The maximum Gasteiger partial charge on any atom is 0.280 e. The van der Waals surface area contributed by atoms with E-state index in [1.165, 1.54) is 4.57 Å². The van der Waals surface area contributed by atoms with Crippen LogP contribution in [0, 0.1) is 11.8 Å². The predicted molar refractivity (Wildman–Crippen MR) is 119 cm³/mol. The molecular formula is C21H29ClN6O3. The molecule has 9 nitrogen and oxygen atoms in total. The van der Waals surface area contributed by atoms with E-state index in [1.54, 1.807) is 6.92 Å². The van der Waals surface area contributed by atoms with E-state index in [4.69, 9.17) is 21.1 Å². The van der Waals surface area contributed by atoms with E-state index >= 15 is 0 Å². The number of imidazole rings is 1. The van der Waals surface area contributed by atoms with Gasteiger partial charge in [0.2, 0.25) is 11.2 Å². The minimum atomic E-state index is -0.198. The van der Waals surface area contributed by atoms with Crippen molar-refractivity contribution in [2.24, 2.45) is 0 Å². The number of ether oxygens (including phenoxy) is 2. The van der Waals surface area contributed by atoms with E-state index < -0.39 is 0 Å². The molecule has 1 unspecified atom stereocenters. The zero-order chi connectivity index (χ0) is 21.6. The van der Waals surface area contributed by atoms with Crippen LogP contribution in [0.4, 0.5) is 5.95 Å². The predicted octanol–water partition coefficient (Wildman–Crippen LogP) is 1.61. The molecule has 10 heteroatoms. The number of nitrogens with zero attached hydrogens (tertiary/aromatic N) is 5. The first-order chi connectivity index (χ1) is 15.2. The number of hydrogen-bond acceptors (Lipinski definition) is 7. The van der Waals surface area contributed by atoms with Crippen LogP contribution >= 0.6 is 11.6 Å². The maximum absolute atomic E-state index is 13.4. The molecule has 0 saturated carbocycles. The Hall–Kier alpha value is -2.12. The van der Waals surface area contributed by atoms with Gasteiger partial charge in [0.1, 0.15) is 0 Å². The molecule has 0 aliphatic carbocycles. The summed E-state index contributed by atoms with van der Waals surface area (Å²) in [6.07, 6.45) is 3.62. The Morgan fingerprint density at radius 3 is 2.84 bits per heavy atom. The third-order valence-corrected chi connectivity index (χ3v) is 5.87. The van der Waals surface area contributed by atoms with Gasteiger partial charge in [-0.05, 0) is 44.2 Å². The normalized spacial score (nSPS) is 19.4. The molecule has 2 fully saturated rings. The van der Waals surface area contributed by atoms with Gasteiger partial charge in [0, 0.05) is 39.3 Å². The standard InChI is InChI=1S/C21H29ClN6O3/c1-2-3-10-27-17-18(25-21(27)26-12-8-23-9-13-26)24-20(22)28(19(17)29)11-6-15-31-16-7-4-5-14-30-16/h16,23H,4-15H2,1H3. The fourth-order valence-electron chi connectivity index (χ4n) is 3.97. The van der Waals surface area contributed by atoms with Crippen LogP contribution in [0.5, 0.6) is 0 Å². The number of halogens is 1. The van der Waals surface area contributed by atoms with Crippen LogP contribution in [0.25, 0.3) is 11.2 Å². The Morgan fingerprint density at radius 2 is 2.10 bits per heavy atom. The first-order valence-corrected chi connectivity index (χ1v) is 11.3. The molecule has 168 valence electrons. The number of hydrogen-bond donors (Lipinski definition) is 1. The molecule has 0 radical (unpaired) electrons. The summed E-state index contributed by atoms with van der Waals surface area (Å²) in [5.74, 6) is 6.68. The summed E-state index contributed by atoms with van der Waals surface area (Å²) in [5.41, 5.74) is 0.609. The van der Waals surface area contributed by atoms with Gasteiger partial charge in [0.25, 0.3) is 5.56 Å². The van der Waals surface area contributed by atoms with Crippen molar-refractivity contribution in [3.63, 3.8) is 0 Å². The van der Waals surface area contributed by atoms with Crippen molar-refractivity contribution in [3.8, 4) is 11.8 Å². The van der Waals surface area contributed by atoms with E-state index in [2.05, 4.69) is 32.0 Å². The smallest absolute Gasteiger partial charge is 0.280 e. The lowest BCUT2D eigenvalue weighted by Gasteiger charge is -2.28. The number of piperazine rings is 1. The summed E-state index contributed by atoms with van der Waals surface area (Å²) in [6, 6.07) is 0. The summed E-state index contributed by atoms with van der Waals surface area (Å²) in [6.45, 7) is 7.18. The second-order valence-electron chi connectivity index (χ2n) is 7.69. The highest BCUT2D eigenvalue weighted by Gasteiger charge is 2.23. The van der Waals surface area contributed by atoms with E-state index in [1.807, 2.05) is 4.57 Å². The topological polar surface area (TPSA) is 86.4 Å². The Morgan fingerprint density at radius 1 is 1.26 bits per heavy atom. The lowest BCUT2D eigenvalue weighted by molar-refractivity contribution is -0.163. The Bertz CT molecular complexity index is 1010. The number of nitrogens with one attached hydrogen (secondary N) is 1.